The summed E-state index contributed by atoms with van der Waals surface area (Å²) < 4.78 is 2.07. The molecule has 24 heavy (non-hydrogen) atoms. The minimum absolute atomic E-state index is 0.193. The van der Waals surface area contributed by atoms with Crippen LogP contribution in [0.1, 0.15) is 31.7 Å². The highest BCUT2D eigenvalue weighted by Crippen LogP contribution is 2.25. The number of nitrogens with one attached hydrogen (secondary N) is 1. The Hall–Kier alpha value is -1.88. The smallest absolute Gasteiger partial charge is 0.307 e. The van der Waals surface area contributed by atoms with Crippen molar-refractivity contribution in [2.75, 3.05) is 13.1 Å². The lowest BCUT2D eigenvalue weighted by Gasteiger charge is -2.18. The zero-order valence-electron chi connectivity index (χ0n) is 14.7. The van der Waals surface area contributed by atoms with E-state index in [-0.39, 0.29) is 11.8 Å². The van der Waals surface area contributed by atoms with Crippen LogP contribution in [-0.4, -0.2) is 33.7 Å². The van der Waals surface area contributed by atoms with Gasteiger partial charge in [-0.3, -0.25) is 4.79 Å². The van der Waals surface area contributed by atoms with Crippen molar-refractivity contribution in [1.82, 2.24) is 14.9 Å². The highest BCUT2D eigenvalue weighted by molar-refractivity contribution is 5.77. The van der Waals surface area contributed by atoms with Gasteiger partial charge in [0.15, 0.2) is 0 Å². The second-order valence-electron chi connectivity index (χ2n) is 7.41. The van der Waals surface area contributed by atoms with E-state index in [0.717, 1.165) is 42.8 Å². The molecule has 2 heterocycles. The summed E-state index contributed by atoms with van der Waals surface area (Å²) in [5, 5.41) is 12.9. The number of nitrogens with zero attached hydrogens (tertiary/aromatic N) is 2. The van der Waals surface area contributed by atoms with Gasteiger partial charge in [-0.05, 0) is 55.5 Å². The molecule has 2 unspecified atom stereocenters. The van der Waals surface area contributed by atoms with Crippen LogP contribution in [0.2, 0.25) is 0 Å². The fraction of sp³-hybridized carbons (Fsp3) is 0.579. The number of carboxylic acid groups (broad SMARTS) is 1. The summed E-state index contributed by atoms with van der Waals surface area (Å²) in [5.74, 6) is 0.591. The molecule has 2 aromatic rings. The first-order valence-corrected chi connectivity index (χ1v) is 8.83. The van der Waals surface area contributed by atoms with E-state index < -0.39 is 5.97 Å². The van der Waals surface area contributed by atoms with Gasteiger partial charge in [0.1, 0.15) is 5.82 Å². The predicted molar refractivity (Wildman–Crippen MR) is 95.1 cm³/mol. The summed E-state index contributed by atoms with van der Waals surface area (Å²) in [6.45, 7) is 6.13. The van der Waals surface area contributed by atoms with Gasteiger partial charge in [0.2, 0.25) is 0 Å². The molecule has 0 saturated carbocycles. The lowest BCUT2D eigenvalue weighted by molar-refractivity contribution is -0.143. The van der Waals surface area contributed by atoms with Crippen LogP contribution in [0.25, 0.3) is 11.0 Å². The first-order valence-electron chi connectivity index (χ1n) is 8.83. The van der Waals surface area contributed by atoms with Gasteiger partial charge in [-0.2, -0.15) is 0 Å². The largest absolute Gasteiger partial charge is 0.481 e. The van der Waals surface area contributed by atoms with Crippen LogP contribution >= 0.6 is 0 Å². The Bertz CT molecular complexity index is 730. The van der Waals surface area contributed by atoms with E-state index >= 15 is 0 Å². The summed E-state index contributed by atoms with van der Waals surface area (Å²) in [5.41, 5.74) is 3.35. The highest BCUT2D eigenvalue weighted by atomic mass is 16.4. The maximum atomic E-state index is 11.7. The third-order valence-electron chi connectivity index (χ3n) is 5.07. The second-order valence-corrected chi connectivity index (χ2v) is 7.41. The Labute approximate surface area is 143 Å². The second kappa shape index (κ2) is 6.93. The van der Waals surface area contributed by atoms with E-state index in [2.05, 4.69) is 41.9 Å². The molecule has 130 valence electrons. The monoisotopic (exact) mass is 329 g/mol. The zero-order chi connectivity index (χ0) is 17.3. The number of carboxylic acids is 1. The SMILES string of the molecule is CC(C)Cc1ccc2nc(CC(C(=O)O)C3CCNC3)n(C)c2c1. The zero-order valence-corrected chi connectivity index (χ0v) is 14.7. The van der Waals surface area contributed by atoms with Crippen molar-refractivity contribution < 1.29 is 9.90 Å². The summed E-state index contributed by atoms with van der Waals surface area (Å²) in [6.07, 6.45) is 2.47. The molecule has 1 aromatic heterocycles. The number of aliphatic carboxylic acids is 1. The van der Waals surface area contributed by atoms with E-state index in [9.17, 15) is 9.90 Å². The molecule has 0 spiro atoms. The molecule has 5 nitrogen and oxygen atoms in total. The molecule has 0 radical (unpaired) electrons. The molecule has 0 amide bonds. The van der Waals surface area contributed by atoms with Gasteiger partial charge in [-0.1, -0.05) is 19.9 Å². The number of aryl methyl sites for hydroxylation is 1. The first-order chi connectivity index (χ1) is 11.5. The van der Waals surface area contributed by atoms with Crippen LogP contribution in [-0.2, 0) is 24.7 Å². The van der Waals surface area contributed by atoms with Crippen LogP contribution in [0, 0.1) is 17.8 Å². The van der Waals surface area contributed by atoms with Crippen molar-refractivity contribution in [3.8, 4) is 0 Å². The van der Waals surface area contributed by atoms with Crippen molar-refractivity contribution in [2.45, 2.75) is 33.1 Å². The van der Waals surface area contributed by atoms with Gasteiger partial charge in [-0.15, -0.1) is 0 Å². The number of imidazole rings is 1. The molecular formula is C19H27N3O2. The first kappa shape index (κ1) is 17.0. The van der Waals surface area contributed by atoms with Gasteiger partial charge in [0.05, 0.1) is 17.0 Å². The van der Waals surface area contributed by atoms with E-state index in [4.69, 9.17) is 4.98 Å². The Kier molecular flexibility index (Phi) is 4.90. The molecule has 1 saturated heterocycles. The fourth-order valence-corrected chi connectivity index (χ4v) is 3.74. The third kappa shape index (κ3) is 3.46. The fourth-order valence-electron chi connectivity index (χ4n) is 3.74. The highest BCUT2D eigenvalue weighted by Gasteiger charge is 2.31. The van der Waals surface area contributed by atoms with E-state index in [0.29, 0.717) is 12.3 Å². The van der Waals surface area contributed by atoms with Crippen molar-refractivity contribution in [1.29, 1.82) is 0 Å². The summed E-state index contributed by atoms with van der Waals surface area (Å²) in [6, 6.07) is 6.39. The standard InChI is InChI=1S/C19H27N3O2/c1-12(2)8-13-4-5-16-17(9-13)22(3)18(21-16)10-15(19(23)24)14-6-7-20-11-14/h4-5,9,12,14-15,20H,6-8,10-11H2,1-3H3,(H,23,24). The summed E-state index contributed by atoms with van der Waals surface area (Å²) in [4.78, 5) is 16.4. The van der Waals surface area contributed by atoms with Gasteiger partial charge in [0.25, 0.3) is 0 Å². The van der Waals surface area contributed by atoms with Crippen molar-refractivity contribution in [3.63, 3.8) is 0 Å². The van der Waals surface area contributed by atoms with Crippen LogP contribution < -0.4 is 5.32 Å². The van der Waals surface area contributed by atoms with E-state index in [1.165, 1.54) is 5.56 Å². The van der Waals surface area contributed by atoms with Crippen LogP contribution in [0.3, 0.4) is 0 Å². The molecule has 0 bridgehead atoms. The number of fused-ring (bicyclic) bond motifs is 1. The number of hydrogen-bond donors (Lipinski definition) is 2. The van der Waals surface area contributed by atoms with Gasteiger partial charge in [-0.25, -0.2) is 4.98 Å². The Morgan fingerprint density at radius 1 is 1.42 bits per heavy atom. The molecule has 1 aliphatic rings. The molecule has 1 aromatic carbocycles. The molecule has 1 fully saturated rings. The quantitative estimate of drug-likeness (QED) is 0.855. The number of aromatic nitrogens is 2. The third-order valence-corrected chi connectivity index (χ3v) is 5.07. The molecule has 1 aliphatic heterocycles. The van der Waals surface area contributed by atoms with Crippen molar-refractivity contribution in [2.24, 2.45) is 24.8 Å². The Morgan fingerprint density at radius 3 is 2.83 bits per heavy atom. The molecule has 0 aliphatic carbocycles. The minimum atomic E-state index is -0.712. The average Bonchev–Trinajstić information content (AvgIpc) is 3.13. The molecule has 3 rings (SSSR count). The van der Waals surface area contributed by atoms with Crippen LogP contribution in [0.5, 0.6) is 0 Å². The normalized spacial score (nSPS) is 19.2. The van der Waals surface area contributed by atoms with Crippen molar-refractivity contribution in [3.05, 3.63) is 29.6 Å². The molecule has 2 N–H and O–H groups in total. The van der Waals surface area contributed by atoms with Crippen LogP contribution in [0.4, 0.5) is 0 Å². The average molecular weight is 329 g/mol. The lowest BCUT2D eigenvalue weighted by atomic mass is 9.88. The summed E-state index contributed by atoms with van der Waals surface area (Å²) >= 11 is 0. The van der Waals surface area contributed by atoms with E-state index in [1.807, 2.05) is 7.05 Å². The number of rotatable bonds is 6. The maximum absolute atomic E-state index is 11.7. The molecule has 5 heteroatoms. The van der Waals surface area contributed by atoms with Crippen LogP contribution in [0.15, 0.2) is 18.2 Å². The van der Waals surface area contributed by atoms with Gasteiger partial charge < -0.3 is 15.0 Å². The molecular weight excluding hydrogens is 302 g/mol. The van der Waals surface area contributed by atoms with Gasteiger partial charge >= 0.3 is 5.97 Å². The number of hydrogen-bond acceptors (Lipinski definition) is 3. The lowest BCUT2D eigenvalue weighted by Crippen LogP contribution is -2.28. The van der Waals surface area contributed by atoms with E-state index in [1.54, 1.807) is 0 Å². The Morgan fingerprint density at radius 2 is 2.21 bits per heavy atom. The molecule has 2 atom stereocenters. The summed E-state index contributed by atoms with van der Waals surface area (Å²) in [7, 11) is 2.00. The Balaban J connectivity index is 1.88. The number of carbonyl (C=O) groups is 1. The topological polar surface area (TPSA) is 67.2 Å². The minimum Gasteiger partial charge on any atom is -0.481 e. The predicted octanol–water partition coefficient (Wildman–Crippen LogP) is 2.62. The number of benzene rings is 1. The van der Waals surface area contributed by atoms with Crippen molar-refractivity contribution >= 4 is 17.0 Å². The maximum Gasteiger partial charge on any atom is 0.307 e. The van der Waals surface area contributed by atoms with Gasteiger partial charge in [0, 0.05) is 13.5 Å².